The van der Waals surface area contributed by atoms with Gasteiger partial charge in [-0.05, 0) is 167 Å². The molecule has 4 N–H and O–H groups in total. The average Bonchev–Trinajstić information content (AvgIpc) is 2.74. The van der Waals surface area contributed by atoms with Crippen molar-refractivity contribution in [2.75, 3.05) is 112 Å². The fourth-order valence-corrected chi connectivity index (χ4v) is 11.9. The number of piperidine rings is 3. The molecular formula is C58H74N14O15S2. The highest BCUT2D eigenvalue weighted by molar-refractivity contribution is 7.89. The summed E-state index contributed by atoms with van der Waals surface area (Å²) >= 11 is 0. The Hall–Kier alpha value is -8.33. The Labute approximate surface area is 515 Å². The Kier molecular flexibility index (Phi) is 23.4. The largest absolute Gasteiger partial charge is 0.465 e. The summed E-state index contributed by atoms with van der Waals surface area (Å²) in [6, 6.07) is 20.7. The molecule has 0 radical (unpaired) electrons. The van der Waals surface area contributed by atoms with Crippen LogP contribution in [-0.2, 0) is 39.1 Å². The first kappa shape index (κ1) is 66.6. The number of para-hydroxylation sites is 3. The van der Waals surface area contributed by atoms with Gasteiger partial charge in [-0.25, -0.2) is 50.3 Å². The van der Waals surface area contributed by atoms with Crippen LogP contribution in [0.15, 0.2) is 98.5 Å². The van der Waals surface area contributed by atoms with Gasteiger partial charge in [0.05, 0.1) is 45.3 Å². The van der Waals surface area contributed by atoms with Crippen molar-refractivity contribution < 1.29 is 69.0 Å². The summed E-state index contributed by atoms with van der Waals surface area (Å²) in [7, 11) is -4.03. The van der Waals surface area contributed by atoms with E-state index in [2.05, 4.69) is 45.2 Å². The van der Waals surface area contributed by atoms with E-state index in [1.165, 1.54) is 28.8 Å². The summed E-state index contributed by atoms with van der Waals surface area (Å²) in [6.45, 7) is 10.6. The third-order valence-corrected chi connectivity index (χ3v) is 18.1. The molecule has 9 rings (SSSR count). The number of hydrogen-bond donors (Lipinski definition) is 4. The van der Waals surface area contributed by atoms with Gasteiger partial charge in [0, 0.05) is 44.9 Å². The maximum Gasteiger partial charge on any atom is 0.422 e. The third kappa shape index (κ3) is 19.1. The van der Waals surface area contributed by atoms with Crippen molar-refractivity contribution in [2.24, 2.45) is 17.8 Å². The van der Waals surface area contributed by atoms with Crippen molar-refractivity contribution in [3.63, 3.8) is 0 Å². The lowest BCUT2D eigenvalue weighted by Gasteiger charge is -2.34. The Morgan fingerprint density at radius 2 is 0.876 bits per heavy atom. The number of esters is 2. The molecule has 3 aromatic heterocycles. The summed E-state index contributed by atoms with van der Waals surface area (Å²) in [5, 5.41) is 24.5. The van der Waals surface area contributed by atoms with Gasteiger partial charge in [-0.1, -0.05) is 51.9 Å². The second-order valence-electron chi connectivity index (χ2n) is 21.6. The molecule has 3 aromatic carbocycles. The SMILES string of the molecule is CNS(=O)(=O)CCN1CCC(CN(C(=O)OC(=O)/C=C\C(=O)OC(=O)N(CC2CCN(CCS(=O)(=O)NC)CC2)c2ccccc2-c2nc(C)no2)c2ccccc2-c2nc(C)no2)CC1.Cc1noc(-c2ccccc2N(CC2CCNCC2)C(=O)O)n1. The molecule has 6 aromatic rings. The number of carboxylic acid groups (broad SMARTS) is 1. The van der Waals surface area contributed by atoms with Crippen LogP contribution < -0.4 is 29.5 Å². The van der Waals surface area contributed by atoms with Crippen molar-refractivity contribution in [2.45, 2.75) is 59.3 Å². The Balaban J connectivity index is 0.000000370. The number of benzene rings is 3. The molecule has 3 fully saturated rings. The summed E-state index contributed by atoms with van der Waals surface area (Å²) in [5.74, 6) is -0.495. The zero-order valence-corrected chi connectivity index (χ0v) is 51.8. The summed E-state index contributed by atoms with van der Waals surface area (Å²) < 4.78 is 79.2. The van der Waals surface area contributed by atoms with Gasteiger partial charge in [0.1, 0.15) is 0 Å². The standard InChI is InChI=1S/C42H54N10O12S2.C16H20N4O3/c1-29-45-39(63-47-29)33-9-5-7-11-35(33)51(27-31-15-19-49(20-16-31)23-25-65(57,58)43-3)41(55)61-37(53)13-14-38(54)62-42(56)52(36-12-8-6-10-34(36)40-46-30(2)48-64-40)28-32-17-21-50(22-18-32)24-26-66(59,60)44-4;1-11-18-15(23-19-11)13-4-2-3-5-14(13)20(16(21)22)10-12-6-8-17-9-7-12/h5-14,31-32,43-44H,15-28H2,1-4H3;2-5,12,17H,6-10H2,1H3,(H,21,22)/b14-13-;. The monoisotopic (exact) mass is 1270 g/mol. The maximum atomic E-state index is 13.9. The van der Waals surface area contributed by atoms with Gasteiger partial charge in [-0.2, -0.15) is 15.0 Å². The quantitative estimate of drug-likeness (QED) is 0.0362. The molecule has 3 saturated heterocycles. The topological polar surface area (TPSA) is 361 Å². The molecule has 478 valence electrons. The fraction of sp³-hybridized carbons (Fsp3) is 0.466. The van der Waals surface area contributed by atoms with E-state index < -0.39 is 50.3 Å². The fourth-order valence-electron chi connectivity index (χ4n) is 10.5. The first-order valence-electron chi connectivity index (χ1n) is 29.1. The van der Waals surface area contributed by atoms with Crippen LogP contribution in [-0.4, -0.2) is 190 Å². The van der Waals surface area contributed by atoms with Crippen LogP contribution in [0.4, 0.5) is 31.4 Å². The van der Waals surface area contributed by atoms with Crippen LogP contribution in [0.1, 0.15) is 56.0 Å². The molecular weight excluding hydrogens is 1200 g/mol. The Morgan fingerprint density at radius 3 is 1.20 bits per heavy atom. The minimum Gasteiger partial charge on any atom is -0.465 e. The molecule has 29 nitrogen and oxygen atoms in total. The average molecular weight is 1270 g/mol. The smallest absolute Gasteiger partial charge is 0.422 e. The minimum atomic E-state index is -3.38. The zero-order valence-electron chi connectivity index (χ0n) is 50.1. The number of anilines is 3. The second kappa shape index (κ2) is 31.2. The number of aryl methyl sites for hydroxylation is 3. The number of aromatic nitrogens is 6. The van der Waals surface area contributed by atoms with E-state index in [-0.39, 0.29) is 48.2 Å². The lowest BCUT2D eigenvalue weighted by Crippen LogP contribution is -2.43. The lowest BCUT2D eigenvalue weighted by atomic mass is 9.96. The predicted octanol–water partition coefficient (Wildman–Crippen LogP) is 5.65. The molecule has 89 heavy (non-hydrogen) atoms. The molecule has 3 aliphatic rings. The molecule has 0 bridgehead atoms. The molecule has 3 amide bonds. The molecule has 3 aliphatic heterocycles. The van der Waals surface area contributed by atoms with Gasteiger partial charge >= 0.3 is 30.2 Å². The zero-order chi connectivity index (χ0) is 63.7. The van der Waals surface area contributed by atoms with Gasteiger partial charge in [-0.3, -0.25) is 14.7 Å². The summed E-state index contributed by atoms with van der Waals surface area (Å²) in [4.78, 5) is 86.9. The van der Waals surface area contributed by atoms with Crippen molar-refractivity contribution in [1.29, 1.82) is 0 Å². The van der Waals surface area contributed by atoms with Gasteiger partial charge in [0.15, 0.2) is 17.5 Å². The normalized spacial score (nSPS) is 15.7. The van der Waals surface area contributed by atoms with Gasteiger partial charge in [-0.15, -0.1) is 0 Å². The van der Waals surface area contributed by atoms with E-state index in [4.69, 9.17) is 23.0 Å². The Bertz CT molecular complexity index is 3470. The van der Waals surface area contributed by atoms with Crippen LogP contribution in [0.3, 0.4) is 0 Å². The first-order chi connectivity index (χ1) is 42.7. The predicted molar refractivity (Wildman–Crippen MR) is 325 cm³/mol. The summed E-state index contributed by atoms with van der Waals surface area (Å²) in [5.41, 5.74) is 2.67. The minimum absolute atomic E-state index is 0.0515. The molecule has 31 heteroatoms. The van der Waals surface area contributed by atoms with E-state index in [0.717, 1.165) is 25.9 Å². The lowest BCUT2D eigenvalue weighted by molar-refractivity contribution is -0.134. The highest BCUT2D eigenvalue weighted by atomic mass is 32.2. The first-order valence-corrected chi connectivity index (χ1v) is 32.4. The van der Waals surface area contributed by atoms with Crippen LogP contribution >= 0.6 is 0 Å². The Morgan fingerprint density at radius 1 is 0.551 bits per heavy atom. The highest BCUT2D eigenvalue weighted by Crippen LogP contribution is 2.35. The van der Waals surface area contributed by atoms with E-state index >= 15 is 0 Å². The highest BCUT2D eigenvalue weighted by Gasteiger charge is 2.33. The van der Waals surface area contributed by atoms with Crippen LogP contribution in [0.2, 0.25) is 0 Å². The van der Waals surface area contributed by atoms with Gasteiger partial charge in [0.25, 0.3) is 17.7 Å². The molecule has 0 atom stereocenters. The number of nitrogens with zero attached hydrogens (tertiary/aromatic N) is 11. The van der Waals surface area contributed by atoms with Crippen molar-refractivity contribution >= 4 is 67.3 Å². The van der Waals surface area contributed by atoms with E-state index in [9.17, 15) is 45.9 Å². The van der Waals surface area contributed by atoms with E-state index in [1.54, 1.807) is 81.4 Å². The molecule has 6 heterocycles. The number of ether oxygens (including phenoxy) is 2. The van der Waals surface area contributed by atoms with E-state index in [1.807, 2.05) is 21.9 Å². The number of carbonyl (C=O) groups excluding carboxylic acids is 4. The van der Waals surface area contributed by atoms with Crippen molar-refractivity contribution in [1.82, 2.24) is 55.0 Å². The number of sulfonamides is 2. The molecule has 0 aliphatic carbocycles. The number of hydrogen-bond acceptors (Lipinski definition) is 23. The van der Waals surface area contributed by atoms with Crippen LogP contribution in [0.25, 0.3) is 34.4 Å². The number of carbonyl (C=O) groups is 5. The number of amides is 3. The summed E-state index contributed by atoms with van der Waals surface area (Å²) in [6.07, 6.45) is 2.66. The number of rotatable bonds is 22. The van der Waals surface area contributed by atoms with Crippen LogP contribution in [0.5, 0.6) is 0 Å². The third-order valence-electron chi connectivity index (χ3n) is 15.4. The van der Waals surface area contributed by atoms with Crippen molar-refractivity contribution in [3.8, 4) is 34.4 Å². The van der Waals surface area contributed by atoms with Gasteiger partial charge < -0.3 is 43.3 Å². The number of nitrogens with one attached hydrogen (secondary N) is 3. The molecule has 0 unspecified atom stereocenters. The molecule has 0 spiro atoms. The van der Waals surface area contributed by atoms with E-state index in [0.29, 0.717) is 147 Å². The van der Waals surface area contributed by atoms with Crippen LogP contribution in [0, 0.1) is 38.5 Å². The maximum absolute atomic E-state index is 13.9. The number of likely N-dealkylation sites (tertiary alicyclic amines) is 2. The van der Waals surface area contributed by atoms with Gasteiger partial charge in [0.2, 0.25) is 20.0 Å². The van der Waals surface area contributed by atoms with Crippen molar-refractivity contribution in [3.05, 3.63) is 102 Å². The second-order valence-corrected chi connectivity index (χ2v) is 25.7. The molecule has 0 saturated carbocycles.